The summed E-state index contributed by atoms with van der Waals surface area (Å²) in [5, 5.41) is 24.3. The van der Waals surface area contributed by atoms with E-state index in [0.29, 0.717) is 16.8 Å². The van der Waals surface area contributed by atoms with Crippen molar-refractivity contribution in [2.75, 3.05) is 13.1 Å². The molecule has 0 bridgehead atoms. The second-order valence-electron chi connectivity index (χ2n) is 5.61. The molecule has 1 saturated heterocycles. The number of fused-ring (bicyclic) bond motifs is 1. The molecule has 2 aromatic rings. The molecule has 2 unspecified atom stereocenters. The summed E-state index contributed by atoms with van der Waals surface area (Å²) in [5.41, 5.74) is 0.734. The van der Waals surface area contributed by atoms with Gasteiger partial charge in [0.2, 0.25) is 0 Å². The molecule has 0 aliphatic carbocycles. The second kappa shape index (κ2) is 5.72. The molecule has 2 atom stereocenters. The number of rotatable bonds is 3. The van der Waals surface area contributed by atoms with E-state index in [1.54, 1.807) is 6.07 Å². The summed E-state index contributed by atoms with van der Waals surface area (Å²) in [5.74, 6) is 0.0667. The van der Waals surface area contributed by atoms with Crippen LogP contribution in [0, 0.1) is 16.0 Å². The molecule has 8 nitrogen and oxygen atoms in total. The van der Waals surface area contributed by atoms with Crippen LogP contribution in [0.2, 0.25) is 0 Å². The van der Waals surface area contributed by atoms with Crippen LogP contribution in [-0.4, -0.2) is 40.2 Å². The van der Waals surface area contributed by atoms with Gasteiger partial charge in [-0.3, -0.25) is 20.0 Å². The number of non-ortho nitro benzene ring substituents is 1. The number of hydrogen-bond acceptors (Lipinski definition) is 5. The van der Waals surface area contributed by atoms with Crippen LogP contribution in [0.25, 0.3) is 10.9 Å². The van der Waals surface area contributed by atoms with E-state index < -0.39 is 4.92 Å². The van der Waals surface area contributed by atoms with Crippen LogP contribution in [0.15, 0.2) is 18.2 Å². The first-order valence-electron chi connectivity index (χ1n) is 7.20. The van der Waals surface area contributed by atoms with Crippen LogP contribution >= 0.6 is 0 Å². The highest BCUT2D eigenvalue weighted by molar-refractivity contribution is 6.05. The molecule has 1 aliphatic rings. The number of amides is 1. The van der Waals surface area contributed by atoms with E-state index in [0.717, 1.165) is 19.5 Å². The van der Waals surface area contributed by atoms with E-state index >= 15 is 0 Å². The number of benzene rings is 1. The van der Waals surface area contributed by atoms with E-state index in [-0.39, 0.29) is 23.3 Å². The fraction of sp³-hybridized carbons (Fsp3) is 0.429. The number of nitro benzene ring substituents is 1. The first kappa shape index (κ1) is 14.5. The highest BCUT2D eigenvalue weighted by Crippen LogP contribution is 2.22. The molecule has 1 aromatic heterocycles. The largest absolute Gasteiger partial charge is 0.346 e. The van der Waals surface area contributed by atoms with Gasteiger partial charge in [-0.1, -0.05) is 6.92 Å². The highest BCUT2D eigenvalue weighted by atomic mass is 16.6. The molecular weight excluding hydrogens is 286 g/mol. The number of nitro groups is 1. The predicted molar refractivity (Wildman–Crippen MR) is 80.7 cm³/mol. The Morgan fingerprint density at radius 1 is 1.50 bits per heavy atom. The number of aromatic nitrogens is 2. The third-order valence-corrected chi connectivity index (χ3v) is 4.12. The summed E-state index contributed by atoms with van der Waals surface area (Å²) in [4.78, 5) is 22.8. The first-order valence-corrected chi connectivity index (χ1v) is 7.20. The number of piperidine rings is 1. The van der Waals surface area contributed by atoms with Crippen LogP contribution in [0.3, 0.4) is 0 Å². The van der Waals surface area contributed by atoms with Crippen molar-refractivity contribution in [3.8, 4) is 0 Å². The van der Waals surface area contributed by atoms with E-state index in [2.05, 4.69) is 27.8 Å². The Labute approximate surface area is 126 Å². The first-order chi connectivity index (χ1) is 10.6. The summed E-state index contributed by atoms with van der Waals surface area (Å²) in [7, 11) is 0. The van der Waals surface area contributed by atoms with Gasteiger partial charge in [-0.25, -0.2) is 0 Å². The number of carbonyl (C=O) groups excluding carboxylic acids is 1. The zero-order valence-electron chi connectivity index (χ0n) is 12.1. The Balaban J connectivity index is 1.87. The van der Waals surface area contributed by atoms with Crippen molar-refractivity contribution in [3.05, 3.63) is 34.0 Å². The molecule has 8 heteroatoms. The van der Waals surface area contributed by atoms with Crippen molar-refractivity contribution in [2.45, 2.75) is 19.4 Å². The van der Waals surface area contributed by atoms with Crippen molar-refractivity contribution in [2.24, 2.45) is 5.92 Å². The lowest BCUT2D eigenvalue weighted by atomic mass is 9.94. The molecule has 22 heavy (non-hydrogen) atoms. The maximum atomic E-state index is 12.4. The molecule has 3 N–H and O–H groups in total. The summed E-state index contributed by atoms with van der Waals surface area (Å²) in [6.07, 6.45) is 0.998. The number of carbonyl (C=O) groups is 1. The van der Waals surface area contributed by atoms with Crippen LogP contribution < -0.4 is 10.6 Å². The molecule has 1 aliphatic heterocycles. The van der Waals surface area contributed by atoms with E-state index in [1.807, 2.05) is 0 Å². The Morgan fingerprint density at radius 2 is 2.32 bits per heavy atom. The molecule has 0 radical (unpaired) electrons. The van der Waals surface area contributed by atoms with Gasteiger partial charge in [0.1, 0.15) is 0 Å². The maximum absolute atomic E-state index is 12.4. The van der Waals surface area contributed by atoms with Gasteiger partial charge in [0.15, 0.2) is 5.69 Å². The number of nitrogens with zero attached hydrogens (tertiary/aromatic N) is 2. The third kappa shape index (κ3) is 2.64. The topological polar surface area (TPSA) is 113 Å². The van der Waals surface area contributed by atoms with Crippen molar-refractivity contribution >= 4 is 22.5 Å². The van der Waals surface area contributed by atoms with E-state index in [4.69, 9.17) is 0 Å². The molecule has 1 fully saturated rings. The molecule has 0 spiro atoms. The lowest BCUT2D eigenvalue weighted by molar-refractivity contribution is -0.384. The molecular formula is C14H17N5O3. The number of nitrogens with one attached hydrogen (secondary N) is 3. The summed E-state index contributed by atoms with van der Waals surface area (Å²) in [6, 6.07) is 4.35. The quantitative estimate of drug-likeness (QED) is 0.582. The summed E-state index contributed by atoms with van der Waals surface area (Å²) >= 11 is 0. The number of hydrogen-bond donors (Lipinski definition) is 3. The number of aromatic amines is 1. The van der Waals surface area contributed by atoms with Gasteiger partial charge in [-0.05, 0) is 24.9 Å². The lowest BCUT2D eigenvalue weighted by Crippen LogP contribution is -2.50. The lowest BCUT2D eigenvalue weighted by Gasteiger charge is -2.29. The smallest absolute Gasteiger partial charge is 0.272 e. The fourth-order valence-corrected chi connectivity index (χ4v) is 2.71. The minimum atomic E-state index is -0.485. The molecule has 3 rings (SSSR count). The van der Waals surface area contributed by atoms with Crippen molar-refractivity contribution in [1.82, 2.24) is 20.8 Å². The van der Waals surface area contributed by atoms with Gasteiger partial charge < -0.3 is 10.6 Å². The van der Waals surface area contributed by atoms with Gasteiger partial charge in [0.25, 0.3) is 11.6 Å². The Hall–Kier alpha value is -2.48. The van der Waals surface area contributed by atoms with Crippen molar-refractivity contribution < 1.29 is 9.72 Å². The minimum absolute atomic E-state index is 0.0340. The van der Waals surface area contributed by atoms with Crippen LogP contribution in [0.1, 0.15) is 23.8 Å². The zero-order chi connectivity index (χ0) is 15.7. The molecule has 1 amide bonds. The average molecular weight is 303 g/mol. The van der Waals surface area contributed by atoms with E-state index in [1.165, 1.54) is 12.1 Å². The molecule has 0 saturated carbocycles. The van der Waals surface area contributed by atoms with Crippen LogP contribution in [0.5, 0.6) is 0 Å². The zero-order valence-corrected chi connectivity index (χ0v) is 12.1. The minimum Gasteiger partial charge on any atom is -0.346 e. The van der Waals surface area contributed by atoms with Crippen molar-refractivity contribution in [1.29, 1.82) is 0 Å². The predicted octanol–water partition coefficient (Wildman–Crippen LogP) is 1.20. The van der Waals surface area contributed by atoms with Gasteiger partial charge in [-0.2, -0.15) is 5.10 Å². The van der Waals surface area contributed by atoms with Gasteiger partial charge in [0, 0.05) is 30.1 Å². The van der Waals surface area contributed by atoms with Gasteiger partial charge in [-0.15, -0.1) is 0 Å². The monoisotopic (exact) mass is 303 g/mol. The molecule has 1 aromatic carbocycles. The van der Waals surface area contributed by atoms with E-state index in [9.17, 15) is 14.9 Å². The number of H-pyrrole nitrogens is 1. The van der Waals surface area contributed by atoms with Crippen molar-refractivity contribution in [3.63, 3.8) is 0 Å². The Morgan fingerprint density at radius 3 is 3.05 bits per heavy atom. The van der Waals surface area contributed by atoms with Gasteiger partial charge in [0.05, 0.1) is 10.4 Å². The van der Waals surface area contributed by atoms with Crippen LogP contribution in [0.4, 0.5) is 5.69 Å². The normalized spacial score (nSPS) is 21.7. The second-order valence-corrected chi connectivity index (χ2v) is 5.61. The Kier molecular flexibility index (Phi) is 3.76. The van der Waals surface area contributed by atoms with Crippen LogP contribution in [-0.2, 0) is 0 Å². The summed E-state index contributed by atoms with van der Waals surface area (Å²) in [6.45, 7) is 3.76. The third-order valence-electron chi connectivity index (χ3n) is 4.12. The van der Waals surface area contributed by atoms with Gasteiger partial charge >= 0.3 is 0 Å². The highest BCUT2D eigenvalue weighted by Gasteiger charge is 2.25. The standard InChI is InChI=1S/C14H17N5O3/c1-8-4-5-15-7-12(8)16-14(20)13-10-6-9(19(21)22)2-3-11(10)17-18-13/h2-3,6,8,12,15H,4-5,7H2,1H3,(H,16,20)(H,17,18). The Bertz CT molecular complexity index is 726. The average Bonchev–Trinajstić information content (AvgIpc) is 2.92. The molecule has 2 heterocycles. The summed E-state index contributed by atoms with van der Waals surface area (Å²) < 4.78 is 0. The molecule has 116 valence electrons. The SMILES string of the molecule is CC1CCNCC1NC(=O)c1n[nH]c2ccc([N+](=O)[O-])cc12. The maximum Gasteiger partial charge on any atom is 0.272 e. The fourth-order valence-electron chi connectivity index (χ4n) is 2.71.